The summed E-state index contributed by atoms with van der Waals surface area (Å²) in [6, 6.07) is 11.5. The van der Waals surface area contributed by atoms with Crippen molar-refractivity contribution in [2.45, 2.75) is 20.0 Å². The van der Waals surface area contributed by atoms with Gasteiger partial charge in [-0.25, -0.2) is 28.1 Å². The van der Waals surface area contributed by atoms with Gasteiger partial charge in [0.15, 0.2) is 11.6 Å². The predicted molar refractivity (Wildman–Crippen MR) is 151 cm³/mol. The Kier molecular flexibility index (Phi) is 7.45. The highest BCUT2D eigenvalue weighted by atomic mass is 19.1. The number of rotatable bonds is 8. The molecular weight excluding hydrogens is 548 g/mol. The maximum absolute atomic E-state index is 14.8. The quantitative estimate of drug-likeness (QED) is 0.121. The molecule has 5 rings (SSSR count). The van der Waals surface area contributed by atoms with Gasteiger partial charge in [0.05, 0.1) is 40.8 Å². The van der Waals surface area contributed by atoms with Crippen LogP contribution < -0.4 is 9.64 Å². The van der Waals surface area contributed by atoms with Crippen molar-refractivity contribution in [2.24, 2.45) is 4.99 Å². The molecule has 2 aromatic carbocycles. The van der Waals surface area contributed by atoms with Crippen LogP contribution in [-0.4, -0.2) is 52.5 Å². The number of pyridine rings is 1. The van der Waals surface area contributed by atoms with E-state index in [4.69, 9.17) is 4.74 Å². The molecule has 3 heterocycles. The number of ether oxygens (including phenoxy) is 2. The number of hydrogen-bond donors (Lipinski definition) is 0. The molecule has 0 N–H and O–H groups in total. The maximum atomic E-state index is 14.8. The molecule has 1 aliphatic rings. The van der Waals surface area contributed by atoms with E-state index in [1.807, 2.05) is 0 Å². The van der Waals surface area contributed by atoms with Crippen LogP contribution in [0.2, 0.25) is 0 Å². The Labute approximate surface area is 238 Å². The third-order valence-electron chi connectivity index (χ3n) is 6.47. The van der Waals surface area contributed by atoms with Gasteiger partial charge in [0, 0.05) is 23.8 Å². The van der Waals surface area contributed by atoms with E-state index in [1.165, 1.54) is 48.1 Å². The van der Waals surface area contributed by atoms with E-state index in [0.29, 0.717) is 0 Å². The molecule has 212 valence electrons. The van der Waals surface area contributed by atoms with Gasteiger partial charge >= 0.3 is 5.97 Å². The number of aromatic nitrogens is 3. The zero-order chi connectivity index (χ0) is 30.1. The lowest BCUT2D eigenvalue weighted by atomic mass is 10.1. The summed E-state index contributed by atoms with van der Waals surface area (Å²) >= 11 is 0. The molecule has 0 fully saturated rings. The lowest BCUT2D eigenvalue weighted by molar-refractivity contribution is 0.0595. The van der Waals surface area contributed by atoms with Gasteiger partial charge in [0.25, 0.3) is 11.8 Å². The fourth-order valence-corrected chi connectivity index (χ4v) is 4.58. The summed E-state index contributed by atoms with van der Waals surface area (Å²) in [5.74, 6) is -3.95. The minimum absolute atomic E-state index is 0.0394. The molecule has 2 aromatic heterocycles. The summed E-state index contributed by atoms with van der Waals surface area (Å²) in [6.07, 6.45) is 3.31. The van der Waals surface area contributed by atoms with Crippen molar-refractivity contribution in [3.05, 3.63) is 101 Å². The van der Waals surface area contributed by atoms with Crippen LogP contribution in [0.1, 0.15) is 44.9 Å². The molecule has 4 aromatic rings. The number of carbonyl (C=O) groups is 3. The highest BCUT2D eigenvalue weighted by molar-refractivity contribution is 6.34. The van der Waals surface area contributed by atoms with E-state index in [2.05, 4.69) is 26.5 Å². The van der Waals surface area contributed by atoms with E-state index < -0.39 is 35.5 Å². The number of imide groups is 1. The van der Waals surface area contributed by atoms with E-state index in [0.717, 1.165) is 18.1 Å². The molecule has 42 heavy (non-hydrogen) atoms. The van der Waals surface area contributed by atoms with E-state index in [1.54, 1.807) is 31.3 Å². The predicted octanol–water partition coefficient (Wildman–Crippen LogP) is 5.37. The zero-order valence-corrected chi connectivity index (χ0v) is 22.7. The van der Waals surface area contributed by atoms with Gasteiger partial charge in [-0.15, -0.1) is 0 Å². The number of carbonyl (C=O) groups excluding carboxylic acids is 3. The number of esters is 1. The number of methoxy groups -OCH3 is 1. The van der Waals surface area contributed by atoms with Crippen molar-refractivity contribution in [3.63, 3.8) is 0 Å². The largest absolute Gasteiger partial charge is 0.480 e. The molecule has 0 radical (unpaired) electrons. The Bertz CT molecular complexity index is 1790. The fourth-order valence-electron chi connectivity index (χ4n) is 4.58. The van der Waals surface area contributed by atoms with Crippen molar-refractivity contribution in [1.82, 2.24) is 14.8 Å². The fraction of sp³-hybridized carbons (Fsp3) is 0.133. The molecule has 12 heteroatoms. The van der Waals surface area contributed by atoms with Gasteiger partial charge in [0.2, 0.25) is 0 Å². The highest BCUT2D eigenvalue weighted by Crippen LogP contribution is 2.38. The summed E-state index contributed by atoms with van der Waals surface area (Å²) in [4.78, 5) is 48.2. The Hall–Kier alpha value is -5.52. The van der Waals surface area contributed by atoms with E-state index >= 15 is 0 Å². The van der Waals surface area contributed by atoms with Gasteiger partial charge in [-0.3, -0.25) is 14.6 Å². The highest BCUT2D eigenvalue weighted by Gasteiger charge is 2.39. The monoisotopic (exact) mass is 571 g/mol. The van der Waals surface area contributed by atoms with Gasteiger partial charge in [-0.05, 0) is 57.0 Å². The first-order chi connectivity index (χ1) is 20.1. The number of benzene rings is 2. The van der Waals surface area contributed by atoms with Crippen LogP contribution >= 0.6 is 0 Å². The second-order valence-electron chi connectivity index (χ2n) is 9.19. The van der Waals surface area contributed by atoms with E-state index in [-0.39, 0.29) is 50.6 Å². The van der Waals surface area contributed by atoms with Crippen molar-refractivity contribution < 1.29 is 32.6 Å². The first-order valence-corrected chi connectivity index (χ1v) is 12.6. The summed E-state index contributed by atoms with van der Waals surface area (Å²) in [7, 11) is 1.12. The summed E-state index contributed by atoms with van der Waals surface area (Å²) in [6.45, 7) is 6.45. The smallest absolute Gasteiger partial charge is 0.340 e. The molecule has 1 aliphatic heterocycles. The molecule has 0 aliphatic carbocycles. The summed E-state index contributed by atoms with van der Waals surface area (Å²) < 4.78 is 41.2. The molecule has 0 bridgehead atoms. The third-order valence-corrected chi connectivity index (χ3v) is 6.47. The number of allylic oxidation sites excluding steroid dienone is 3. The van der Waals surface area contributed by atoms with Gasteiger partial charge < -0.3 is 9.47 Å². The standard InChI is InChI=1S/C30H23F2N5O5/c1-16(31)12-24(36-11-7-10-34-36)26(33-3)17(2)42-25-14-18-13-21(30(40)41-4)22(32)15-23(18)35-27(25)37-28(38)19-8-5-6-9-20(19)29(37)39/h5-15,17H,3H2,1-2,4H3/b16-12+,26-24+. The Morgan fingerprint density at radius 1 is 1.12 bits per heavy atom. The maximum Gasteiger partial charge on any atom is 0.340 e. The molecule has 10 nitrogen and oxygen atoms in total. The minimum atomic E-state index is -0.967. The van der Waals surface area contributed by atoms with Crippen molar-refractivity contribution >= 4 is 46.9 Å². The molecular formula is C30H23F2N5O5. The second-order valence-corrected chi connectivity index (χ2v) is 9.19. The summed E-state index contributed by atoms with van der Waals surface area (Å²) in [5.41, 5.74) is 0.392. The van der Waals surface area contributed by atoms with Crippen LogP contribution in [0, 0.1) is 5.82 Å². The number of amides is 2. The summed E-state index contributed by atoms with van der Waals surface area (Å²) in [5, 5.41) is 4.40. The SMILES string of the molecule is C=N/C(=C(\C=C(/C)F)n1cccn1)C(C)Oc1cc2cc(C(=O)OC)c(F)cc2nc1N1C(=O)c2ccccc2C1=O. The van der Waals surface area contributed by atoms with Crippen LogP contribution in [0.4, 0.5) is 14.6 Å². The van der Waals surface area contributed by atoms with Crippen molar-refractivity contribution in [2.75, 3.05) is 12.0 Å². The Morgan fingerprint density at radius 3 is 2.38 bits per heavy atom. The molecule has 0 spiro atoms. The zero-order valence-electron chi connectivity index (χ0n) is 22.7. The van der Waals surface area contributed by atoms with Gasteiger partial charge in [-0.2, -0.15) is 5.10 Å². The number of anilines is 1. The molecule has 2 amide bonds. The average Bonchev–Trinajstić information content (AvgIpc) is 3.59. The van der Waals surface area contributed by atoms with Crippen LogP contribution in [0.25, 0.3) is 16.6 Å². The van der Waals surface area contributed by atoms with E-state index in [9.17, 15) is 23.2 Å². The van der Waals surface area contributed by atoms with Crippen molar-refractivity contribution in [1.29, 1.82) is 0 Å². The topological polar surface area (TPSA) is 116 Å². The van der Waals surface area contributed by atoms with Crippen LogP contribution in [-0.2, 0) is 4.74 Å². The van der Waals surface area contributed by atoms with Crippen molar-refractivity contribution in [3.8, 4) is 5.75 Å². The lowest BCUT2D eigenvalue weighted by Gasteiger charge is -2.22. The van der Waals surface area contributed by atoms with Crippen LogP contribution in [0.15, 0.2) is 83.5 Å². The molecule has 1 unspecified atom stereocenters. The molecule has 1 atom stereocenters. The number of nitrogens with zero attached hydrogens (tertiary/aromatic N) is 5. The molecule has 0 saturated carbocycles. The average molecular weight is 572 g/mol. The second kappa shape index (κ2) is 11.2. The Balaban J connectivity index is 1.70. The lowest BCUT2D eigenvalue weighted by Crippen LogP contribution is -2.31. The number of hydrogen-bond acceptors (Lipinski definition) is 8. The first kappa shape index (κ1) is 28.0. The van der Waals surface area contributed by atoms with Gasteiger partial charge in [-0.1, -0.05) is 12.1 Å². The Morgan fingerprint density at radius 2 is 1.81 bits per heavy atom. The number of aliphatic imine (C=N–C) groups is 1. The first-order valence-electron chi connectivity index (χ1n) is 12.6. The van der Waals surface area contributed by atoms with Crippen LogP contribution in [0.5, 0.6) is 5.75 Å². The number of fused-ring (bicyclic) bond motifs is 2. The molecule has 0 saturated heterocycles. The minimum Gasteiger partial charge on any atom is -0.480 e. The number of halogens is 2. The normalized spacial score (nSPS) is 14.5. The van der Waals surface area contributed by atoms with Gasteiger partial charge in [0.1, 0.15) is 17.6 Å². The van der Waals surface area contributed by atoms with Crippen LogP contribution in [0.3, 0.4) is 0 Å². The third kappa shape index (κ3) is 4.94.